The monoisotopic (exact) mass is 638 g/mol. The Labute approximate surface area is 272 Å². The van der Waals surface area contributed by atoms with Crippen LogP contribution in [0.4, 0.5) is 11.4 Å². The van der Waals surface area contributed by atoms with Crippen molar-refractivity contribution in [1.82, 2.24) is 9.97 Å². The van der Waals surface area contributed by atoms with Gasteiger partial charge in [-0.15, -0.1) is 0 Å². The molecule has 0 radical (unpaired) electrons. The molecule has 0 saturated carbocycles. The number of hydrogen-bond acceptors (Lipinski definition) is 8. The number of nitrogens with zero attached hydrogens (tertiary/aromatic N) is 4. The van der Waals surface area contributed by atoms with Gasteiger partial charge < -0.3 is 9.31 Å². The molecule has 3 heterocycles. The van der Waals surface area contributed by atoms with Crippen molar-refractivity contribution in [3.05, 3.63) is 133 Å². The number of fused-ring (bicyclic) bond motifs is 2. The van der Waals surface area contributed by atoms with E-state index in [0.29, 0.717) is 5.56 Å². The minimum Gasteiger partial charge on any atom is -0.399 e. The molecule has 0 spiro atoms. The van der Waals surface area contributed by atoms with Gasteiger partial charge in [0.25, 0.3) is 5.69 Å². The Kier molecular flexibility index (Phi) is 9.48. The normalized spacial score (nSPS) is 16.1. The van der Waals surface area contributed by atoms with Crippen molar-refractivity contribution < 1.29 is 19.2 Å². The Morgan fingerprint density at radius 1 is 0.761 bits per heavy atom. The van der Waals surface area contributed by atoms with Gasteiger partial charge in [0.15, 0.2) is 0 Å². The van der Waals surface area contributed by atoms with Gasteiger partial charge in [0.1, 0.15) is 17.4 Å². The van der Waals surface area contributed by atoms with E-state index in [-0.39, 0.29) is 34.7 Å². The number of rotatable bonds is 4. The molecular formula is C34H32BClN4O6. The van der Waals surface area contributed by atoms with Gasteiger partial charge in [-0.1, -0.05) is 66.2 Å². The van der Waals surface area contributed by atoms with Crippen molar-refractivity contribution in [2.75, 3.05) is 0 Å². The average molecular weight is 639 g/mol. The average Bonchev–Trinajstić information content (AvgIpc) is 3.74. The van der Waals surface area contributed by atoms with Crippen LogP contribution in [0.3, 0.4) is 0 Å². The number of benzene rings is 2. The zero-order valence-corrected chi connectivity index (χ0v) is 26.6. The lowest BCUT2D eigenvalue weighted by molar-refractivity contribution is -0.385. The van der Waals surface area contributed by atoms with Gasteiger partial charge in [-0.3, -0.25) is 30.2 Å². The largest absolute Gasteiger partial charge is 0.494 e. The van der Waals surface area contributed by atoms with E-state index < -0.39 is 9.85 Å². The molecule has 4 aromatic rings. The van der Waals surface area contributed by atoms with Crippen molar-refractivity contribution in [3.8, 4) is 11.1 Å². The maximum Gasteiger partial charge on any atom is 0.494 e. The van der Waals surface area contributed by atoms with Gasteiger partial charge in [-0.2, -0.15) is 0 Å². The molecular weight excluding hydrogens is 607 g/mol. The molecule has 2 aliphatic carbocycles. The molecule has 0 N–H and O–H groups in total. The van der Waals surface area contributed by atoms with Gasteiger partial charge >= 0.3 is 12.8 Å². The first kappa shape index (κ1) is 32.7. The summed E-state index contributed by atoms with van der Waals surface area (Å²) in [5.41, 5.74) is 7.02. The van der Waals surface area contributed by atoms with E-state index in [2.05, 4.69) is 80.2 Å². The third-order valence-corrected chi connectivity index (χ3v) is 8.68. The summed E-state index contributed by atoms with van der Waals surface area (Å²) in [7, 11) is -0.249. The molecule has 234 valence electrons. The maximum atomic E-state index is 11.0. The summed E-state index contributed by atoms with van der Waals surface area (Å²) in [6.45, 7) is 8.34. The lowest BCUT2D eigenvalue weighted by Gasteiger charge is -2.32. The van der Waals surface area contributed by atoms with Crippen LogP contribution in [-0.4, -0.2) is 38.1 Å². The van der Waals surface area contributed by atoms with E-state index in [1.807, 2.05) is 18.2 Å². The minimum absolute atomic E-state index is 0.0448. The van der Waals surface area contributed by atoms with Crippen LogP contribution in [0.1, 0.15) is 49.9 Å². The van der Waals surface area contributed by atoms with Gasteiger partial charge in [-0.05, 0) is 92.0 Å². The van der Waals surface area contributed by atoms with Gasteiger partial charge in [0.2, 0.25) is 0 Å². The number of pyridine rings is 2. The Bertz CT molecular complexity index is 1840. The van der Waals surface area contributed by atoms with Crippen LogP contribution in [0.15, 0.2) is 85.5 Å². The van der Waals surface area contributed by atoms with Crippen molar-refractivity contribution >= 4 is 47.7 Å². The molecule has 1 fully saturated rings. The topological polar surface area (TPSA) is 131 Å². The predicted molar refractivity (Wildman–Crippen MR) is 180 cm³/mol. The van der Waals surface area contributed by atoms with Crippen LogP contribution >= 0.6 is 11.6 Å². The predicted octanol–water partition coefficient (Wildman–Crippen LogP) is 7.42. The summed E-state index contributed by atoms with van der Waals surface area (Å²) < 4.78 is 12.1. The third-order valence-electron chi connectivity index (χ3n) is 8.36. The standard InChI is InChI=1S/C15H19BO2.C14H10N2O2.C5H3ClN2O2/c1-14(2)15(3,4)18-16(17-14)13-9-8-11-6-5-7-12(11)10-13;17-16(18)14-9-15-7-6-13(14)12-5-4-10-2-1-3-11(10)8-12;6-4-1-2-7-3-5(4)8(9)10/h5-6,8-10H,7H2,1-4H3;1-2,4-9H,3H2;1-3H. The first-order valence-electron chi connectivity index (χ1n) is 14.6. The molecule has 2 aromatic heterocycles. The Balaban J connectivity index is 0.000000142. The first-order valence-corrected chi connectivity index (χ1v) is 15.0. The second-order valence-corrected chi connectivity index (χ2v) is 12.3. The summed E-state index contributed by atoms with van der Waals surface area (Å²) in [4.78, 5) is 27.5. The zero-order chi connectivity index (χ0) is 33.1. The van der Waals surface area contributed by atoms with Crippen LogP contribution in [0, 0.1) is 20.2 Å². The fourth-order valence-corrected chi connectivity index (χ4v) is 5.28. The molecule has 3 aliphatic rings. The molecule has 0 bridgehead atoms. The van der Waals surface area contributed by atoms with E-state index >= 15 is 0 Å². The number of halogens is 1. The minimum atomic E-state index is -0.574. The molecule has 46 heavy (non-hydrogen) atoms. The zero-order valence-electron chi connectivity index (χ0n) is 25.8. The molecule has 10 nitrogen and oxygen atoms in total. The number of hydrogen-bond donors (Lipinski definition) is 0. The second kappa shape index (κ2) is 13.3. The summed E-state index contributed by atoms with van der Waals surface area (Å²) in [6.07, 6.45) is 15.8. The summed E-state index contributed by atoms with van der Waals surface area (Å²) in [6, 6.07) is 15.4. The van der Waals surface area contributed by atoms with Crippen molar-refractivity contribution in [3.63, 3.8) is 0 Å². The van der Waals surface area contributed by atoms with Gasteiger partial charge in [-0.25, -0.2) is 0 Å². The van der Waals surface area contributed by atoms with Crippen LogP contribution in [0.5, 0.6) is 0 Å². The SMILES string of the molecule is CC1(C)OB(c2ccc3c(c2)CC=C3)OC1(C)C.O=[N+]([O-])c1cnccc1-c1ccc2c(c1)CC=C2.O=[N+]([O-])c1cnccc1Cl. The molecule has 1 saturated heterocycles. The number of aromatic nitrogens is 2. The highest BCUT2D eigenvalue weighted by atomic mass is 35.5. The van der Waals surface area contributed by atoms with Crippen LogP contribution < -0.4 is 5.46 Å². The summed E-state index contributed by atoms with van der Waals surface area (Å²) >= 11 is 5.44. The van der Waals surface area contributed by atoms with Crippen LogP contribution in [-0.2, 0) is 22.2 Å². The lowest BCUT2D eigenvalue weighted by Crippen LogP contribution is -2.41. The van der Waals surface area contributed by atoms with Crippen molar-refractivity contribution in [2.24, 2.45) is 0 Å². The fraction of sp³-hybridized carbons (Fsp3) is 0.235. The molecule has 7 rings (SSSR count). The van der Waals surface area contributed by atoms with Gasteiger partial charge in [0, 0.05) is 12.4 Å². The van der Waals surface area contributed by atoms with Crippen molar-refractivity contribution in [1.29, 1.82) is 0 Å². The quantitative estimate of drug-likeness (QED) is 0.128. The highest BCUT2D eigenvalue weighted by Crippen LogP contribution is 2.37. The van der Waals surface area contributed by atoms with Crippen molar-refractivity contribution in [2.45, 2.75) is 51.7 Å². The van der Waals surface area contributed by atoms with E-state index in [1.54, 1.807) is 12.3 Å². The first-order chi connectivity index (χ1) is 21.9. The highest BCUT2D eigenvalue weighted by Gasteiger charge is 2.51. The number of allylic oxidation sites excluding steroid dienone is 2. The second-order valence-electron chi connectivity index (χ2n) is 11.9. The Morgan fingerprint density at radius 2 is 1.30 bits per heavy atom. The molecule has 0 amide bonds. The summed E-state index contributed by atoms with van der Waals surface area (Å²) in [5, 5.41) is 21.2. The molecule has 1 aliphatic heterocycles. The van der Waals surface area contributed by atoms with E-state index in [9.17, 15) is 20.2 Å². The van der Waals surface area contributed by atoms with E-state index in [4.69, 9.17) is 20.9 Å². The van der Waals surface area contributed by atoms with E-state index in [0.717, 1.165) is 30.1 Å². The molecule has 0 unspecified atom stereocenters. The van der Waals surface area contributed by atoms with Gasteiger partial charge in [0.05, 0.1) is 26.6 Å². The van der Waals surface area contributed by atoms with Crippen LogP contribution in [0.2, 0.25) is 5.02 Å². The van der Waals surface area contributed by atoms with Crippen LogP contribution in [0.25, 0.3) is 23.3 Å². The fourth-order valence-electron chi connectivity index (χ4n) is 5.11. The smallest absolute Gasteiger partial charge is 0.399 e. The molecule has 2 aromatic carbocycles. The summed E-state index contributed by atoms with van der Waals surface area (Å²) in [5.74, 6) is 0. The highest BCUT2D eigenvalue weighted by molar-refractivity contribution is 6.62. The Hall–Kier alpha value is -4.71. The third kappa shape index (κ3) is 7.07. The molecule has 12 heteroatoms. The van der Waals surface area contributed by atoms with E-state index in [1.165, 1.54) is 40.7 Å². The lowest BCUT2D eigenvalue weighted by atomic mass is 9.78. The number of nitro groups is 2. The molecule has 0 atom stereocenters. The Morgan fingerprint density at radius 3 is 1.87 bits per heavy atom. The maximum absolute atomic E-state index is 11.0.